The number of para-hydroxylation sites is 1. The van der Waals surface area contributed by atoms with Crippen molar-refractivity contribution in [2.75, 3.05) is 18.0 Å². The van der Waals surface area contributed by atoms with E-state index in [0.29, 0.717) is 6.42 Å². The Morgan fingerprint density at radius 3 is 2.61 bits per heavy atom. The third-order valence-corrected chi connectivity index (χ3v) is 3.45. The number of anilines is 1. The molecule has 0 spiro atoms. The molecule has 1 aromatic carbocycles. The smallest absolute Gasteiger partial charge is 0.320 e. The molecule has 1 saturated heterocycles. The van der Waals surface area contributed by atoms with E-state index >= 15 is 0 Å². The molecule has 1 unspecified atom stereocenters. The molecule has 1 fully saturated rings. The number of nitrogens with zero attached hydrogens (tertiary/aromatic N) is 1. The number of hydrogen-bond acceptors (Lipinski definition) is 3. The molecule has 2 rings (SSSR count). The maximum Gasteiger partial charge on any atom is 0.320 e. The number of rotatable bonds is 4. The molecule has 3 N–H and O–H groups in total. The van der Waals surface area contributed by atoms with Gasteiger partial charge in [0.2, 0.25) is 0 Å². The molecule has 1 atom stereocenters. The predicted octanol–water partition coefficient (Wildman–Crippen LogP) is 1.63. The third kappa shape index (κ3) is 3.01. The van der Waals surface area contributed by atoms with Crippen LogP contribution in [-0.2, 0) is 11.2 Å². The van der Waals surface area contributed by atoms with Crippen LogP contribution in [0.4, 0.5) is 5.69 Å². The Morgan fingerprint density at radius 2 is 1.94 bits per heavy atom. The molecule has 1 aliphatic rings. The van der Waals surface area contributed by atoms with Crippen molar-refractivity contribution >= 4 is 11.7 Å². The van der Waals surface area contributed by atoms with E-state index in [9.17, 15) is 4.79 Å². The Balaban J connectivity index is 2.16. The summed E-state index contributed by atoms with van der Waals surface area (Å²) in [7, 11) is 0. The van der Waals surface area contributed by atoms with Crippen LogP contribution in [0.2, 0.25) is 0 Å². The summed E-state index contributed by atoms with van der Waals surface area (Å²) in [5, 5.41) is 8.91. The van der Waals surface area contributed by atoms with Crippen molar-refractivity contribution in [2.45, 2.75) is 31.7 Å². The molecular weight excluding hydrogens is 228 g/mol. The van der Waals surface area contributed by atoms with E-state index < -0.39 is 12.0 Å². The number of aliphatic carboxylic acids is 1. The number of carboxylic acid groups (broad SMARTS) is 1. The highest BCUT2D eigenvalue weighted by molar-refractivity contribution is 5.74. The molecule has 0 bridgehead atoms. The van der Waals surface area contributed by atoms with E-state index in [1.165, 1.54) is 19.3 Å². The monoisotopic (exact) mass is 248 g/mol. The average Bonchev–Trinajstić information content (AvgIpc) is 2.40. The van der Waals surface area contributed by atoms with Crippen LogP contribution in [0.25, 0.3) is 0 Å². The van der Waals surface area contributed by atoms with Gasteiger partial charge in [0.05, 0.1) is 0 Å². The molecule has 1 aromatic rings. The molecular formula is C14H20N2O2. The Bertz CT molecular complexity index is 414. The van der Waals surface area contributed by atoms with Gasteiger partial charge < -0.3 is 15.7 Å². The summed E-state index contributed by atoms with van der Waals surface area (Å²) in [5.41, 5.74) is 7.81. The lowest BCUT2D eigenvalue weighted by molar-refractivity contribution is -0.138. The molecule has 0 saturated carbocycles. The SMILES string of the molecule is NC(Cc1ccccc1N1CCCCC1)C(=O)O. The highest BCUT2D eigenvalue weighted by atomic mass is 16.4. The average molecular weight is 248 g/mol. The van der Waals surface area contributed by atoms with Crippen molar-refractivity contribution < 1.29 is 9.90 Å². The normalized spacial score (nSPS) is 17.5. The molecule has 1 heterocycles. The van der Waals surface area contributed by atoms with Crippen molar-refractivity contribution in [2.24, 2.45) is 5.73 Å². The third-order valence-electron chi connectivity index (χ3n) is 3.45. The van der Waals surface area contributed by atoms with E-state index in [1.807, 2.05) is 18.2 Å². The highest BCUT2D eigenvalue weighted by Gasteiger charge is 2.18. The van der Waals surface area contributed by atoms with E-state index in [0.717, 1.165) is 24.3 Å². The first-order valence-corrected chi connectivity index (χ1v) is 6.49. The van der Waals surface area contributed by atoms with E-state index in [2.05, 4.69) is 11.0 Å². The molecule has 1 aliphatic heterocycles. The standard InChI is InChI=1S/C14H20N2O2/c15-12(14(17)18)10-11-6-2-3-7-13(11)16-8-4-1-5-9-16/h2-3,6-7,12H,1,4-5,8-10,15H2,(H,17,18). The first-order chi connectivity index (χ1) is 8.68. The zero-order valence-electron chi connectivity index (χ0n) is 10.5. The summed E-state index contributed by atoms with van der Waals surface area (Å²) in [6.07, 6.45) is 4.09. The van der Waals surface area contributed by atoms with Crippen molar-refractivity contribution in [3.8, 4) is 0 Å². The second-order valence-electron chi connectivity index (χ2n) is 4.83. The second kappa shape index (κ2) is 5.87. The zero-order valence-corrected chi connectivity index (χ0v) is 10.5. The first kappa shape index (κ1) is 12.9. The fraction of sp³-hybridized carbons (Fsp3) is 0.500. The van der Waals surface area contributed by atoms with Crippen LogP contribution in [0, 0.1) is 0 Å². The van der Waals surface area contributed by atoms with E-state index in [-0.39, 0.29) is 0 Å². The van der Waals surface area contributed by atoms with Gasteiger partial charge in [0.1, 0.15) is 6.04 Å². The zero-order chi connectivity index (χ0) is 13.0. The fourth-order valence-corrected chi connectivity index (χ4v) is 2.45. The van der Waals surface area contributed by atoms with Crippen LogP contribution in [0.15, 0.2) is 24.3 Å². The summed E-state index contributed by atoms with van der Waals surface area (Å²) >= 11 is 0. The Hall–Kier alpha value is -1.55. The number of carbonyl (C=O) groups is 1. The van der Waals surface area contributed by atoms with Crippen molar-refractivity contribution in [3.05, 3.63) is 29.8 Å². The van der Waals surface area contributed by atoms with Gasteiger partial charge in [-0.05, 0) is 30.9 Å². The van der Waals surface area contributed by atoms with Crippen molar-refractivity contribution in [1.29, 1.82) is 0 Å². The Morgan fingerprint density at radius 1 is 1.28 bits per heavy atom. The number of benzene rings is 1. The molecule has 4 heteroatoms. The summed E-state index contributed by atoms with van der Waals surface area (Å²) in [5.74, 6) is -0.941. The van der Waals surface area contributed by atoms with Crippen molar-refractivity contribution in [3.63, 3.8) is 0 Å². The highest BCUT2D eigenvalue weighted by Crippen LogP contribution is 2.24. The largest absolute Gasteiger partial charge is 0.480 e. The summed E-state index contributed by atoms with van der Waals surface area (Å²) in [6, 6.07) is 7.16. The lowest BCUT2D eigenvalue weighted by atomic mass is 10.0. The van der Waals surface area contributed by atoms with Gasteiger partial charge in [-0.15, -0.1) is 0 Å². The van der Waals surface area contributed by atoms with Crippen LogP contribution in [0.1, 0.15) is 24.8 Å². The van der Waals surface area contributed by atoms with Crippen LogP contribution in [0.3, 0.4) is 0 Å². The van der Waals surface area contributed by atoms with Gasteiger partial charge in [0.15, 0.2) is 0 Å². The van der Waals surface area contributed by atoms with Gasteiger partial charge in [0.25, 0.3) is 0 Å². The van der Waals surface area contributed by atoms with Crippen molar-refractivity contribution in [1.82, 2.24) is 0 Å². The molecule has 98 valence electrons. The minimum Gasteiger partial charge on any atom is -0.480 e. The Labute approximate surface area is 107 Å². The van der Waals surface area contributed by atoms with Crippen LogP contribution < -0.4 is 10.6 Å². The van der Waals surface area contributed by atoms with Crippen LogP contribution >= 0.6 is 0 Å². The second-order valence-corrected chi connectivity index (χ2v) is 4.83. The minimum atomic E-state index is -0.941. The lowest BCUT2D eigenvalue weighted by Crippen LogP contribution is -2.34. The van der Waals surface area contributed by atoms with Gasteiger partial charge >= 0.3 is 5.97 Å². The number of piperidine rings is 1. The van der Waals surface area contributed by atoms with E-state index in [4.69, 9.17) is 10.8 Å². The molecule has 18 heavy (non-hydrogen) atoms. The Kier molecular flexibility index (Phi) is 4.20. The summed E-state index contributed by atoms with van der Waals surface area (Å²) in [4.78, 5) is 13.2. The summed E-state index contributed by atoms with van der Waals surface area (Å²) < 4.78 is 0. The number of nitrogens with two attached hydrogens (primary N) is 1. The van der Waals surface area contributed by atoms with Crippen LogP contribution in [-0.4, -0.2) is 30.2 Å². The molecule has 0 aromatic heterocycles. The fourth-order valence-electron chi connectivity index (χ4n) is 2.45. The topological polar surface area (TPSA) is 66.6 Å². The first-order valence-electron chi connectivity index (χ1n) is 6.49. The van der Waals surface area contributed by atoms with Crippen LogP contribution in [0.5, 0.6) is 0 Å². The molecule has 0 radical (unpaired) electrons. The van der Waals surface area contributed by atoms with Gasteiger partial charge in [-0.2, -0.15) is 0 Å². The maximum absolute atomic E-state index is 10.9. The lowest BCUT2D eigenvalue weighted by Gasteiger charge is -2.31. The predicted molar refractivity (Wildman–Crippen MR) is 71.8 cm³/mol. The van der Waals surface area contributed by atoms with Gasteiger partial charge in [-0.3, -0.25) is 4.79 Å². The van der Waals surface area contributed by atoms with E-state index in [1.54, 1.807) is 0 Å². The minimum absolute atomic E-state index is 0.391. The quantitative estimate of drug-likeness (QED) is 0.850. The van der Waals surface area contributed by atoms with Gasteiger partial charge in [-0.1, -0.05) is 18.2 Å². The number of carboxylic acids is 1. The molecule has 0 aliphatic carbocycles. The van der Waals surface area contributed by atoms with Gasteiger partial charge in [0, 0.05) is 25.2 Å². The molecule has 4 nitrogen and oxygen atoms in total. The van der Waals surface area contributed by atoms with Gasteiger partial charge in [-0.25, -0.2) is 0 Å². The number of hydrogen-bond donors (Lipinski definition) is 2. The summed E-state index contributed by atoms with van der Waals surface area (Å²) in [6.45, 7) is 2.11. The maximum atomic E-state index is 10.9. The molecule has 0 amide bonds.